The number of nitrogens with one attached hydrogen (secondary N) is 4. The van der Waals surface area contributed by atoms with Crippen molar-refractivity contribution in [3.63, 3.8) is 0 Å². The number of amides is 1. The minimum Gasteiger partial charge on any atom is -0.453 e. The number of nitrogens with zero attached hydrogens (tertiary/aromatic N) is 3. The third kappa shape index (κ3) is 7.42. The van der Waals surface area contributed by atoms with Gasteiger partial charge in [0.1, 0.15) is 5.82 Å². The fourth-order valence-electron chi connectivity index (χ4n) is 3.44. The standard InChI is InChI=1S/C25H34ClN7O4S/c1-7-9-29-38(35,36)18-12-16(11-17(26)13-18)20-21(33-22(32-20)25(3,4)5)19-8-10-27-23(31-19)28-14-15(2)30-24(34)37-6/h8,10-13,15,29H,7,9,14H2,1-6H3,(H,30,34)(H,32,33)(H,27,28,31)/t15-/m0/s1. The highest BCUT2D eigenvalue weighted by atomic mass is 35.5. The van der Waals surface area contributed by atoms with Crippen LogP contribution in [0.3, 0.4) is 0 Å². The van der Waals surface area contributed by atoms with E-state index in [4.69, 9.17) is 16.6 Å². The molecule has 13 heteroatoms. The lowest BCUT2D eigenvalue weighted by molar-refractivity contribution is 0.168. The highest BCUT2D eigenvalue weighted by Crippen LogP contribution is 2.35. The van der Waals surface area contributed by atoms with E-state index in [9.17, 15) is 13.2 Å². The molecule has 0 spiro atoms. The van der Waals surface area contributed by atoms with Crippen molar-refractivity contribution >= 4 is 33.7 Å². The van der Waals surface area contributed by atoms with E-state index in [2.05, 4.69) is 35.0 Å². The van der Waals surface area contributed by atoms with Crippen LogP contribution in [0.2, 0.25) is 5.02 Å². The highest BCUT2D eigenvalue weighted by Gasteiger charge is 2.25. The van der Waals surface area contributed by atoms with Crippen molar-refractivity contribution in [2.45, 2.75) is 57.4 Å². The van der Waals surface area contributed by atoms with Crippen molar-refractivity contribution < 1.29 is 17.9 Å². The van der Waals surface area contributed by atoms with Gasteiger partial charge in [-0.2, -0.15) is 0 Å². The molecule has 1 amide bonds. The normalized spacial score (nSPS) is 12.7. The SMILES string of the molecule is CCCNS(=O)(=O)c1cc(Cl)cc(-c2nc(C(C)(C)C)[nH]c2-c2ccnc(NC[C@H](C)NC(=O)OC)n2)c1. The summed E-state index contributed by atoms with van der Waals surface area (Å²) >= 11 is 6.37. The van der Waals surface area contributed by atoms with Gasteiger partial charge in [-0.1, -0.05) is 39.3 Å². The Kier molecular flexibility index (Phi) is 9.34. The molecule has 2 aromatic heterocycles. The molecule has 11 nitrogen and oxygen atoms in total. The summed E-state index contributed by atoms with van der Waals surface area (Å²) in [7, 11) is -2.45. The molecule has 1 aromatic carbocycles. The topological polar surface area (TPSA) is 151 Å². The number of hydrogen-bond donors (Lipinski definition) is 4. The van der Waals surface area contributed by atoms with Crippen molar-refractivity contribution in [3.8, 4) is 22.6 Å². The number of sulfonamides is 1. The van der Waals surface area contributed by atoms with Crippen LogP contribution in [0.15, 0.2) is 35.4 Å². The number of methoxy groups -OCH3 is 1. The third-order valence-corrected chi connectivity index (χ3v) is 7.10. The predicted molar refractivity (Wildman–Crippen MR) is 148 cm³/mol. The lowest BCUT2D eigenvalue weighted by Gasteiger charge is -2.14. The van der Waals surface area contributed by atoms with Crippen LogP contribution >= 0.6 is 11.6 Å². The van der Waals surface area contributed by atoms with E-state index < -0.39 is 16.1 Å². The molecule has 0 unspecified atom stereocenters. The zero-order valence-electron chi connectivity index (χ0n) is 22.3. The Bertz CT molecular complexity index is 1390. The van der Waals surface area contributed by atoms with Crippen LogP contribution in [0.25, 0.3) is 22.6 Å². The van der Waals surface area contributed by atoms with Crippen molar-refractivity contribution in [2.24, 2.45) is 0 Å². The van der Waals surface area contributed by atoms with Gasteiger partial charge in [-0.25, -0.2) is 32.9 Å². The number of benzene rings is 1. The molecule has 206 valence electrons. The average molecular weight is 564 g/mol. The van der Waals surface area contributed by atoms with Crippen LogP contribution in [-0.2, 0) is 20.2 Å². The molecule has 3 rings (SSSR count). The Morgan fingerprint density at radius 3 is 2.61 bits per heavy atom. The zero-order valence-corrected chi connectivity index (χ0v) is 23.9. The summed E-state index contributed by atoms with van der Waals surface area (Å²) in [6, 6.07) is 6.13. The van der Waals surface area contributed by atoms with Crippen molar-refractivity contribution in [1.82, 2.24) is 30.0 Å². The number of aromatic nitrogens is 4. The second-order valence-corrected chi connectivity index (χ2v) is 12.0. The van der Waals surface area contributed by atoms with Gasteiger partial charge < -0.3 is 20.4 Å². The van der Waals surface area contributed by atoms with Gasteiger partial charge in [0.2, 0.25) is 16.0 Å². The van der Waals surface area contributed by atoms with Crippen LogP contribution in [0.4, 0.5) is 10.7 Å². The number of aromatic amines is 1. The zero-order chi connectivity index (χ0) is 28.1. The second-order valence-electron chi connectivity index (χ2n) is 9.82. The Morgan fingerprint density at radius 1 is 1.21 bits per heavy atom. The first-order chi connectivity index (χ1) is 17.8. The number of anilines is 1. The summed E-state index contributed by atoms with van der Waals surface area (Å²) < 4.78 is 32.9. The Hall–Kier alpha value is -3.22. The monoisotopic (exact) mass is 563 g/mol. The number of rotatable bonds is 10. The molecule has 0 fully saturated rings. The fourth-order valence-corrected chi connectivity index (χ4v) is 4.94. The fraction of sp³-hybridized carbons (Fsp3) is 0.440. The summed E-state index contributed by atoms with van der Waals surface area (Å²) in [5.41, 5.74) is 1.84. The van der Waals surface area contributed by atoms with Crippen LogP contribution < -0.4 is 15.4 Å². The second kappa shape index (κ2) is 12.1. The lowest BCUT2D eigenvalue weighted by atomic mass is 9.96. The summed E-state index contributed by atoms with van der Waals surface area (Å²) in [6.45, 7) is 10.4. The number of ether oxygens (including phenoxy) is 1. The van der Waals surface area contributed by atoms with Gasteiger partial charge in [-0.05, 0) is 37.6 Å². The number of carbonyl (C=O) groups is 1. The maximum atomic E-state index is 12.8. The van der Waals surface area contributed by atoms with Gasteiger partial charge in [0.25, 0.3) is 0 Å². The maximum absolute atomic E-state index is 12.8. The lowest BCUT2D eigenvalue weighted by Crippen LogP contribution is -2.37. The molecule has 0 aliphatic carbocycles. The molecule has 0 radical (unpaired) electrons. The molecule has 2 heterocycles. The smallest absolute Gasteiger partial charge is 0.407 e. The van der Waals surface area contributed by atoms with E-state index in [1.54, 1.807) is 24.4 Å². The quantitative estimate of drug-likeness (QED) is 0.284. The predicted octanol–water partition coefficient (Wildman–Crippen LogP) is 4.33. The molecule has 0 saturated carbocycles. The summed E-state index contributed by atoms with van der Waals surface area (Å²) in [6.07, 6.45) is 1.73. The number of H-pyrrole nitrogens is 1. The largest absolute Gasteiger partial charge is 0.453 e. The number of imidazole rings is 1. The van der Waals surface area contributed by atoms with Crippen LogP contribution in [0.5, 0.6) is 0 Å². The summed E-state index contributed by atoms with van der Waals surface area (Å²) in [4.78, 5) is 28.6. The first-order valence-electron chi connectivity index (χ1n) is 12.2. The molecule has 4 N–H and O–H groups in total. The van der Waals surface area contributed by atoms with Crippen molar-refractivity contribution in [2.75, 3.05) is 25.5 Å². The molecule has 0 aliphatic heterocycles. The first-order valence-corrected chi connectivity index (χ1v) is 14.0. The molecule has 0 saturated heterocycles. The molecule has 3 aromatic rings. The minimum atomic E-state index is -3.75. The summed E-state index contributed by atoms with van der Waals surface area (Å²) in [5.74, 6) is 1.04. The number of alkyl carbamates (subject to hydrolysis) is 1. The number of carbonyl (C=O) groups excluding carboxylic acids is 1. The maximum Gasteiger partial charge on any atom is 0.407 e. The molecular weight excluding hydrogens is 530 g/mol. The van der Waals surface area contributed by atoms with Gasteiger partial charge in [-0.3, -0.25) is 0 Å². The van der Waals surface area contributed by atoms with E-state index in [1.807, 2.05) is 34.6 Å². The molecular formula is C25H34ClN7O4S. The Balaban J connectivity index is 2.03. The van der Waals surface area contributed by atoms with E-state index in [1.165, 1.54) is 13.2 Å². The van der Waals surface area contributed by atoms with Crippen LogP contribution in [-0.4, -0.2) is 60.7 Å². The molecule has 0 bridgehead atoms. The Labute approximate surface area is 228 Å². The van der Waals surface area contributed by atoms with E-state index in [-0.39, 0.29) is 21.4 Å². The average Bonchev–Trinajstić information content (AvgIpc) is 3.32. The minimum absolute atomic E-state index is 0.0526. The number of halogens is 1. The van der Waals surface area contributed by atoms with Crippen molar-refractivity contribution in [1.29, 1.82) is 0 Å². The van der Waals surface area contributed by atoms with Gasteiger partial charge in [-0.15, -0.1) is 0 Å². The van der Waals surface area contributed by atoms with Gasteiger partial charge >= 0.3 is 6.09 Å². The first kappa shape index (κ1) is 29.3. The van der Waals surface area contributed by atoms with Gasteiger partial charge in [0.05, 0.1) is 29.1 Å². The molecule has 0 aliphatic rings. The summed E-state index contributed by atoms with van der Waals surface area (Å²) in [5, 5.41) is 6.04. The van der Waals surface area contributed by atoms with Crippen LogP contribution in [0, 0.1) is 0 Å². The third-order valence-electron chi connectivity index (χ3n) is 5.44. The van der Waals surface area contributed by atoms with Gasteiger partial charge in [0.15, 0.2) is 0 Å². The van der Waals surface area contributed by atoms with Gasteiger partial charge in [0, 0.05) is 41.3 Å². The van der Waals surface area contributed by atoms with E-state index >= 15 is 0 Å². The van der Waals surface area contributed by atoms with E-state index in [0.29, 0.717) is 53.9 Å². The molecule has 38 heavy (non-hydrogen) atoms. The Morgan fingerprint density at radius 2 is 1.95 bits per heavy atom. The molecule has 1 atom stereocenters. The number of hydrogen-bond acceptors (Lipinski definition) is 8. The highest BCUT2D eigenvalue weighted by molar-refractivity contribution is 7.89. The van der Waals surface area contributed by atoms with Crippen molar-refractivity contribution in [3.05, 3.63) is 41.3 Å². The van der Waals surface area contributed by atoms with Crippen LogP contribution in [0.1, 0.15) is 46.9 Å². The van der Waals surface area contributed by atoms with E-state index in [0.717, 1.165) is 0 Å².